The Morgan fingerprint density at radius 3 is 2.50 bits per heavy atom. The van der Waals surface area contributed by atoms with Crippen LogP contribution in [0.1, 0.15) is 16.8 Å². The molecule has 0 aliphatic carbocycles. The number of nitrogens with zero attached hydrogens (tertiary/aromatic N) is 2. The Labute approximate surface area is 131 Å². The van der Waals surface area contributed by atoms with Crippen LogP contribution in [0.4, 0.5) is 11.4 Å². The average Bonchev–Trinajstić information content (AvgIpc) is 3.01. The third-order valence-corrected chi connectivity index (χ3v) is 4.15. The van der Waals surface area contributed by atoms with E-state index in [-0.39, 0.29) is 11.9 Å². The zero-order valence-electron chi connectivity index (χ0n) is 12.8. The maximum absolute atomic E-state index is 12.8. The van der Waals surface area contributed by atoms with E-state index in [0.717, 1.165) is 29.9 Å². The molecule has 2 aromatic carbocycles. The molecule has 1 saturated heterocycles. The van der Waals surface area contributed by atoms with Gasteiger partial charge in [-0.3, -0.25) is 4.79 Å². The second-order valence-electron chi connectivity index (χ2n) is 5.71. The minimum atomic E-state index is 0.0614. The second kappa shape index (κ2) is 6.20. The van der Waals surface area contributed by atoms with Gasteiger partial charge in [0.1, 0.15) is 0 Å². The lowest BCUT2D eigenvalue weighted by molar-refractivity contribution is 0.0791. The van der Waals surface area contributed by atoms with E-state index in [9.17, 15) is 4.79 Å². The van der Waals surface area contributed by atoms with Crippen LogP contribution in [0, 0.1) is 0 Å². The van der Waals surface area contributed by atoms with Gasteiger partial charge in [0, 0.05) is 31.9 Å². The minimum absolute atomic E-state index is 0.0614. The Morgan fingerprint density at radius 2 is 1.82 bits per heavy atom. The molecule has 1 aliphatic heterocycles. The van der Waals surface area contributed by atoms with Crippen molar-refractivity contribution in [3.8, 4) is 0 Å². The molecule has 3 rings (SSSR count). The molecular formula is C18H21N3O. The van der Waals surface area contributed by atoms with Crippen molar-refractivity contribution in [2.24, 2.45) is 5.73 Å². The van der Waals surface area contributed by atoms with Gasteiger partial charge in [-0.15, -0.1) is 0 Å². The Morgan fingerprint density at radius 1 is 1.14 bits per heavy atom. The second-order valence-corrected chi connectivity index (χ2v) is 5.71. The number of rotatable bonds is 3. The van der Waals surface area contributed by atoms with Gasteiger partial charge in [0.25, 0.3) is 5.91 Å². The zero-order chi connectivity index (χ0) is 15.5. The van der Waals surface area contributed by atoms with Crippen molar-refractivity contribution < 1.29 is 4.79 Å². The molecule has 1 fully saturated rings. The van der Waals surface area contributed by atoms with Crippen molar-refractivity contribution >= 4 is 17.3 Å². The largest absolute Gasteiger partial charge is 0.344 e. The molecule has 0 radical (unpaired) electrons. The summed E-state index contributed by atoms with van der Waals surface area (Å²) < 4.78 is 0. The fraction of sp³-hybridized carbons (Fsp3) is 0.278. The summed E-state index contributed by atoms with van der Waals surface area (Å²) in [6.07, 6.45) is 0.877. The lowest BCUT2D eigenvalue weighted by Gasteiger charge is -2.24. The monoisotopic (exact) mass is 295 g/mol. The summed E-state index contributed by atoms with van der Waals surface area (Å²) in [5, 5.41) is 0. The van der Waals surface area contributed by atoms with Gasteiger partial charge in [-0.2, -0.15) is 0 Å². The Balaban J connectivity index is 1.91. The van der Waals surface area contributed by atoms with E-state index >= 15 is 0 Å². The summed E-state index contributed by atoms with van der Waals surface area (Å²) in [5.74, 6) is 0.0614. The maximum Gasteiger partial charge on any atom is 0.256 e. The molecule has 1 atom stereocenters. The van der Waals surface area contributed by atoms with E-state index in [0.29, 0.717) is 6.54 Å². The molecule has 114 valence electrons. The summed E-state index contributed by atoms with van der Waals surface area (Å²) in [7, 11) is 1.98. The Kier molecular flexibility index (Phi) is 4.11. The van der Waals surface area contributed by atoms with Crippen LogP contribution >= 0.6 is 0 Å². The maximum atomic E-state index is 12.8. The number of anilines is 2. The molecule has 0 saturated carbocycles. The van der Waals surface area contributed by atoms with Crippen molar-refractivity contribution in [1.82, 2.24) is 4.90 Å². The van der Waals surface area contributed by atoms with Crippen molar-refractivity contribution in [2.45, 2.75) is 12.5 Å². The molecule has 4 nitrogen and oxygen atoms in total. The van der Waals surface area contributed by atoms with Crippen LogP contribution in [0.25, 0.3) is 0 Å². The van der Waals surface area contributed by atoms with Gasteiger partial charge in [0.05, 0.1) is 11.3 Å². The fourth-order valence-electron chi connectivity index (χ4n) is 2.88. The highest BCUT2D eigenvalue weighted by molar-refractivity contribution is 6.00. The molecule has 2 aromatic rings. The summed E-state index contributed by atoms with van der Waals surface area (Å²) in [6.45, 7) is 1.38. The molecule has 0 aromatic heterocycles. The summed E-state index contributed by atoms with van der Waals surface area (Å²) >= 11 is 0. The van der Waals surface area contributed by atoms with Gasteiger partial charge in [0.2, 0.25) is 0 Å². The zero-order valence-corrected chi connectivity index (χ0v) is 12.8. The summed E-state index contributed by atoms with van der Waals surface area (Å²) in [5.41, 5.74) is 8.62. The highest BCUT2D eigenvalue weighted by Gasteiger charge is 2.26. The molecule has 0 spiro atoms. The minimum Gasteiger partial charge on any atom is -0.344 e. The van der Waals surface area contributed by atoms with E-state index in [2.05, 4.69) is 0 Å². The quantitative estimate of drug-likeness (QED) is 0.947. The molecular weight excluding hydrogens is 274 g/mol. The standard InChI is InChI=1S/C18H21N3O/c1-20(15-7-3-2-4-8-15)17-10-6-5-9-16(17)18(22)21-12-11-14(19)13-21/h2-10,14H,11-13,19H2,1H3. The number of carbonyl (C=O) groups excluding carboxylic acids is 1. The van der Waals surface area contributed by atoms with Gasteiger partial charge in [-0.25, -0.2) is 0 Å². The molecule has 1 heterocycles. The van der Waals surface area contributed by atoms with Crippen molar-refractivity contribution in [3.63, 3.8) is 0 Å². The first kappa shape index (κ1) is 14.6. The highest BCUT2D eigenvalue weighted by atomic mass is 16.2. The third-order valence-electron chi connectivity index (χ3n) is 4.15. The van der Waals surface area contributed by atoms with Crippen LogP contribution in [0.15, 0.2) is 54.6 Å². The highest BCUT2D eigenvalue weighted by Crippen LogP contribution is 2.28. The smallest absolute Gasteiger partial charge is 0.256 e. The normalized spacial score (nSPS) is 17.5. The van der Waals surface area contributed by atoms with Gasteiger partial charge in [0.15, 0.2) is 0 Å². The van der Waals surface area contributed by atoms with Crippen molar-refractivity contribution in [3.05, 3.63) is 60.2 Å². The number of carbonyl (C=O) groups is 1. The van der Waals surface area contributed by atoms with Crippen LogP contribution in [0.2, 0.25) is 0 Å². The Bertz CT molecular complexity index is 656. The van der Waals surface area contributed by atoms with Crippen molar-refractivity contribution in [2.75, 3.05) is 25.0 Å². The third kappa shape index (κ3) is 2.83. The van der Waals surface area contributed by atoms with Crippen LogP contribution in [-0.2, 0) is 0 Å². The molecule has 0 bridgehead atoms. The van der Waals surface area contributed by atoms with Crippen LogP contribution in [0.3, 0.4) is 0 Å². The van der Waals surface area contributed by atoms with E-state index < -0.39 is 0 Å². The van der Waals surface area contributed by atoms with Gasteiger partial charge < -0.3 is 15.5 Å². The lowest BCUT2D eigenvalue weighted by atomic mass is 10.1. The number of hydrogen-bond acceptors (Lipinski definition) is 3. The van der Waals surface area contributed by atoms with Crippen molar-refractivity contribution in [1.29, 1.82) is 0 Å². The van der Waals surface area contributed by atoms with E-state index in [1.165, 1.54) is 0 Å². The molecule has 22 heavy (non-hydrogen) atoms. The summed E-state index contributed by atoms with van der Waals surface area (Å²) in [6, 6.07) is 17.9. The molecule has 1 aliphatic rings. The van der Waals surface area contributed by atoms with Gasteiger partial charge >= 0.3 is 0 Å². The predicted octanol–water partition coefficient (Wildman–Crippen LogP) is 2.63. The van der Waals surface area contributed by atoms with E-state index in [1.54, 1.807) is 0 Å². The number of hydrogen-bond donors (Lipinski definition) is 1. The molecule has 2 N–H and O–H groups in total. The SMILES string of the molecule is CN(c1ccccc1)c1ccccc1C(=O)N1CCC(N)C1. The predicted molar refractivity (Wildman–Crippen MR) is 89.4 cm³/mol. The van der Waals surface area contributed by atoms with Crippen LogP contribution < -0.4 is 10.6 Å². The first-order chi connectivity index (χ1) is 10.7. The van der Waals surface area contributed by atoms with E-state index in [4.69, 9.17) is 5.73 Å². The van der Waals surface area contributed by atoms with Crippen LogP contribution in [0.5, 0.6) is 0 Å². The topological polar surface area (TPSA) is 49.6 Å². The fourth-order valence-corrected chi connectivity index (χ4v) is 2.88. The number of amides is 1. The number of likely N-dealkylation sites (tertiary alicyclic amines) is 1. The van der Waals surface area contributed by atoms with Gasteiger partial charge in [-0.05, 0) is 30.7 Å². The first-order valence-electron chi connectivity index (χ1n) is 7.59. The van der Waals surface area contributed by atoms with Gasteiger partial charge in [-0.1, -0.05) is 30.3 Å². The molecule has 1 amide bonds. The first-order valence-corrected chi connectivity index (χ1v) is 7.59. The average molecular weight is 295 g/mol. The lowest BCUT2D eigenvalue weighted by Crippen LogP contribution is -2.32. The number of nitrogens with two attached hydrogens (primary N) is 1. The Hall–Kier alpha value is -2.33. The summed E-state index contributed by atoms with van der Waals surface area (Å²) in [4.78, 5) is 16.7. The number of benzene rings is 2. The molecule has 4 heteroatoms. The van der Waals surface area contributed by atoms with Crippen LogP contribution in [-0.4, -0.2) is 37.0 Å². The number of para-hydroxylation sites is 2. The molecule has 1 unspecified atom stereocenters. The van der Waals surface area contributed by atoms with E-state index in [1.807, 2.05) is 71.4 Å².